The number of ether oxygens (including phenoxy) is 3. The summed E-state index contributed by atoms with van der Waals surface area (Å²) in [5, 5.41) is 0. The van der Waals surface area contributed by atoms with Gasteiger partial charge in [-0.05, 0) is 51.7 Å². The normalized spacial score (nSPS) is 28.3. The standard InChI is InChI=1S/C18H26O4/c1-13(2)11-14-12-18(3,17(19)20-4)9-8-15(14)22-16-7-5-6-10-21-16/h8-9,11,16H,5-7,10,12H2,1-4H3. The minimum atomic E-state index is -0.643. The summed E-state index contributed by atoms with van der Waals surface area (Å²) in [6.07, 6.45) is 9.35. The van der Waals surface area contributed by atoms with Gasteiger partial charge in [0.2, 0.25) is 0 Å². The van der Waals surface area contributed by atoms with Crippen LogP contribution in [0, 0.1) is 5.41 Å². The molecule has 4 heteroatoms. The maximum atomic E-state index is 12.0. The van der Waals surface area contributed by atoms with Crippen molar-refractivity contribution in [1.82, 2.24) is 0 Å². The molecule has 0 saturated carbocycles. The van der Waals surface area contributed by atoms with E-state index in [1.165, 1.54) is 12.7 Å². The minimum Gasteiger partial charge on any atom is -0.468 e. The largest absolute Gasteiger partial charge is 0.468 e. The van der Waals surface area contributed by atoms with Crippen LogP contribution >= 0.6 is 0 Å². The summed E-state index contributed by atoms with van der Waals surface area (Å²) in [4.78, 5) is 12.0. The Morgan fingerprint density at radius 3 is 2.77 bits per heavy atom. The predicted molar refractivity (Wildman–Crippen MR) is 85.0 cm³/mol. The summed E-state index contributed by atoms with van der Waals surface area (Å²) < 4.78 is 16.6. The molecular formula is C18H26O4. The monoisotopic (exact) mass is 306 g/mol. The Morgan fingerprint density at radius 2 is 2.18 bits per heavy atom. The summed E-state index contributed by atoms with van der Waals surface area (Å²) in [7, 11) is 1.42. The van der Waals surface area contributed by atoms with E-state index in [-0.39, 0.29) is 12.3 Å². The van der Waals surface area contributed by atoms with Crippen LogP contribution in [0.5, 0.6) is 0 Å². The van der Waals surface area contributed by atoms with Gasteiger partial charge < -0.3 is 14.2 Å². The number of allylic oxidation sites excluding steroid dienone is 4. The molecule has 0 amide bonds. The first-order valence-corrected chi connectivity index (χ1v) is 7.88. The van der Waals surface area contributed by atoms with Crippen molar-refractivity contribution in [2.75, 3.05) is 13.7 Å². The van der Waals surface area contributed by atoms with Crippen LogP contribution in [0.15, 0.2) is 35.1 Å². The molecule has 1 saturated heterocycles. The maximum absolute atomic E-state index is 12.0. The van der Waals surface area contributed by atoms with Crippen LogP contribution in [0.3, 0.4) is 0 Å². The van der Waals surface area contributed by atoms with Crippen molar-refractivity contribution in [2.24, 2.45) is 5.41 Å². The van der Waals surface area contributed by atoms with Gasteiger partial charge in [0, 0.05) is 6.42 Å². The second kappa shape index (κ2) is 7.14. The maximum Gasteiger partial charge on any atom is 0.315 e. The van der Waals surface area contributed by atoms with E-state index in [0.29, 0.717) is 6.42 Å². The van der Waals surface area contributed by atoms with E-state index in [0.717, 1.165) is 37.2 Å². The molecule has 1 heterocycles. The molecule has 1 aliphatic carbocycles. The molecule has 22 heavy (non-hydrogen) atoms. The Hall–Kier alpha value is -1.55. The molecule has 2 unspecified atom stereocenters. The van der Waals surface area contributed by atoms with Gasteiger partial charge in [0.25, 0.3) is 0 Å². The van der Waals surface area contributed by atoms with Crippen LogP contribution in [0.25, 0.3) is 0 Å². The Morgan fingerprint density at radius 1 is 1.41 bits per heavy atom. The van der Waals surface area contributed by atoms with Gasteiger partial charge in [0.1, 0.15) is 5.76 Å². The van der Waals surface area contributed by atoms with Crippen molar-refractivity contribution in [3.63, 3.8) is 0 Å². The lowest BCUT2D eigenvalue weighted by atomic mass is 9.79. The van der Waals surface area contributed by atoms with E-state index in [1.54, 1.807) is 0 Å². The van der Waals surface area contributed by atoms with Crippen molar-refractivity contribution in [3.05, 3.63) is 35.1 Å². The quantitative estimate of drug-likeness (QED) is 0.739. The summed E-state index contributed by atoms with van der Waals surface area (Å²) in [5.74, 6) is 0.575. The summed E-state index contributed by atoms with van der Waals surface area (Å²) in [6, 6.07) is 0. The highest BCUT2D eigenvalue weighted by molar-refractivity contribution is 5.80. The Balaban J connectivity index is 2.22. The molecule has 0 bridgehead atoms. The first-order chi connectivity index (χ1) is 10.4. The lowest BCUT2D eigenvalue weighted by molar-refractivity contribution is -0.149. The van der Waals surface area contributed by atoms with Crippen LogP contribution in [-0.4, -0.2) is 26.0 Å². The van der Waals surface area contributed by atoms with E-state index in [4.69, 9.17) is 14.2 Å². The number of esters is 1. The summed E-state index contributed by atoms with van der Waals surface area (Å²) in [5.41, 5.74) is 1.55. The molecule has 1 fully saturated rings. The molecule has 2 aliphatic rings. The van der Waals surface area contributed by atoms with Crippen LogP contribution < -0.4 is 0 Å². The van der Waals surface area contributed by atoms with Crippen molar-refractivity contribution in [1.29, 1.82) is 0 Å². The van der Waals surface area contributed by atoms with Crippen LogP contribution in [0.4, 0.5) is 0 Å². The van der Waals surface area contributed by atoms with E-state index in [9.17, 15) is 4.79 Å². The lowest BCUT2D eigenvalue weighted by Gasteiger charge is -2.31. The summed E-state index contributed by atoms with van der Waals surface area (Å²) in [6.45, 7) is 6.71. The van der Waals surface area contributed by atoms with E-state index in [2.05, 4.69) is 6.08 Å². The molecule has 122 valence electrons. The lowest BCUT2D eigenvalue weighted by Crippen LogP contribution is -2.30. The fourth-order valence-electron chi connectivity index (χ4n) is 2.81. The van der Waals surface area contributed by atoms with Crippen molar-refractivity contribution in [3.8, 4) is 0 Å². The fraction of sp³-hybridized carbons (Fsp3) is 0.611. The Bertz CT molecular complexity index is 505. The third-order valence-corrected chi connectivity index (χ3v) is 3.99. The number of hydrogen-bond acceptors (Lipinski definition) is 4. The van der Waals surface area contributed by atoms with Crippen molar-refractivity contribution >= 4 is 5.97 Å². The van der Waals surface area contributed by atoms with Crippen LogP contribution in [0.1, 0.15) is 46.5 Å². The van der Waals surface area contributed by atoms with E-state index < -0.39 is 5.41 Å². The number of carbonyl (C=O) groups excluding carboxylic acids is 1. The van der Waals surface area contributed by atoms with Gasteiger partial charge in [0.05, 0.1) is 19.1 Å². The first-order valence-electron chi connectivity index (χ1n) is 7.88. The third-order valence-electron chi connectivity index (χ3n) is 3.99. The van der Waals surface area contributed by atoms with Gasteiger partial charge in [-0.25, -0.2) is 0 Å². The van der Waals surface area contributed by atoms with Gasteiger partial charge in [-0.15, -0.1) is 0 Å². The Labute approximate surface area is 132 Å². The molecule has 0 aromatic rings. The first kappa shape index (κ1) is 16.8. The molecule has 0 N–H and O–H groups in total. The van der Waals surface area contributed by atoms with Gasteiger partial charge in [-0.1, -0.05) is 17.7 Å². The van der Waals surface area contributed by atoms with Crippen molar-refractivity contribution in [2.45, 2.75) is 52.7 Å². The fourth-order valence-corrected chi connectivity index (χ4v) is 2.81. The van der Waals surface area contributed by atoms with Gasteiger partial charge >= 0.3 is 5.97 Å². The third kappa shape index (κ3) is 4.01. The second-order valence-corrected chi connectivity index (χ2v) is 6.44. The van der Waals surface area contributed by atoms with Gasteiger partial charge in [-0.2, -0.15) is 0 Å². The smallest absolute Gasteiger partial charge is 0.315 e. The van der Waals surface area contributed by atoms with Crippen LogP contribution in [0.2, 0.25) is 0 Å². The molecule has 2 rings (SSSR count). The summed E-state index contributed by atoms with van der Waals surface area (Å²) >= 11 is 0. The molecule has 1 aliphatic heterocycles. The number of hydrogen-bond donors (Lipinski definition) is 0. The molecule has 2 atom stereocenters. The number of rotatable bonds is 4. The highest BCUT2D eigenvalue weighted by Crippen LogP contribution is 2.37. The zero-order valence-corrected chi connectivity index (χ0v) is 14.0. The Kier molecular flexibility index (Phi) is 5.46. The average Bonchev–Trinajstić information content (AvgIpc) is 2.50. The zero-order valence-electron chi connectivity index (χ0n) is 14.0. The topological polar surface area (TPSA) is 44.8 Å². The van der Waals surface area contributed by atoms with Gasteiger partial charge in [0.15, 0.2) is 6.29 Å². The highest BCUT2D eigenvalue weighted by Gasteiger charge is 2.36. The van der Waals surface area contributed by atoms with Crippen molar-refractivity contribution < 1.29 is 19.0 Å². The molecule has 0 radical (unpaired) electrons. The van der Waals surface area contributed by atoms with E-state index >= 15 is 0 Å². The van der Waals surface area contributed by atoms with E-state index in [1.807, 2.05) is 32.9 Å². The predicted octanol–water partition coefficient (Wildman–Crippen LogP) is 3.89. The highest BCUT2D eigenvalue weighted by atomic mass is 16.7. The SMILES string of the molecule is COC(=O)C1(C)C=CC(OC2CCCCO2)=C(C=C(C)C)C1. The second-order valence-electron chi connectivity index (χ2n) is 6.44. The number of methoxy groups -OCH3 is 1. The molecule has 0 aromatic heterocycles. The van der Waals surface area contributed by atoms with Crippen LogP contribution in [-0.2, 0) is 19.0 Å². The minimum absolute atomic E-state index is 0.184. The molecule has 0 aromatic carbocycles. The number of carbonyl (C=O) groups is 1. The molecule has 4 nitrogen and oxygen atoms in total. The molecule has 0 spiro atoms. The average molecular weight is 306 g/mol. The zero-order chi connectivity index (χ0) is 16.2. The van der Waals surface area contributed by atoms with Gasteiger partial charge in [-0.3, -0.25) is 4.79 Å². The molecular weight excluding hydrogens is 280 g/mol.